The number of carbonyl (C=O) groups excluding carboxylic acids is 1. The lowest BCUT2D eigenvalue weighted by atomic mass is 9.83. The van der Waals surface area contributed by atoms with Gasteiger partial charge in [0.05, 0.1) is 11.2 Å². The highest BCUT2D eigenvalue weighted by Crippen LogP contribution is 2.43. The second kappa shape index (κ2) is 5.84. The van der Waals surface area contributed by atoms with Crippen LogP contribution in [0.4, 0.5) is 0 Å². The summed E-state index contributed by atoms with van der Waals surface area (Å²) >= 11 is 1.50. The van der Waals surface area contributed by atoms with Gasteiger partial charge in [0.2, 0.25) is 0 Å². The van der Waals surface area contributed by atoms with E-state index < -0.39 is 0 Å². The second-order valence-corrected chi connectivity index (χ2v) is 8.38. The number of thiazole rings is 1. The Bertz CT molecular complexity index is 804. The van der Waals surface area contributed by atoms with Crippen molar-refractivity contribution in [2.75, 3.05) is 13.1 Å². The highest BCUT2D eigenvalue weighted by Gasteiger charge is 2.41. The van der Waals surface area contributed by atoms with E-state index in [2.05, 4.69) is 23.2 Å². The van der Waals surface area contributed by atoms with Crippen LogP contribution >= 0.6 is 11.3 Å². The van der Waals surface area contributed by atoms with Crippen molar-refractivity contribution in [3.63, 3.8) is 0 Å². The van der Waals surface area contributed by atoms with Gasteiger partial charge < -0.3 is 9.64 Å². The van der Waals surface area contributed by atoms with E-state index in [9.17, 15) is 4.79 Å². The standard InChI is InChI=1S/C20H22N2O2S/c23-19(18-17(15-5-6-15)21-13-25-18)22-11-9-20(10-12-22)8-7-14-3-1-2-4-16(14)24-20/h1-4,13,15H,5-12H2. The van der Waals surface area contributed by atoms with E-state index in [1.165, 1.54) is 29.7 Å². The number of para-hydroxylation sites is 1. The Hall–Kier alpha value is -1.88. The summed E-state index contributed by atoms with van der Waals surface area (Å²) in [5.41, 5.74) is 4.09. The molecule has 0 radical (unpaired) electrons. The third-order valence-electron chi connectivity index (χ3n) is 5.86. The number of hydrogen-bond acceptors (Lipinski definition) is 4. The van der Waals surface area contributed by atoms with E-state index in [-0.39, 0.29) is 11.5 Å². The fourth-order valence-electron chi connectivity index (χ4n) is 4.13. The van der Waals surface area contributed by atoms with E-state index >= 15 is 0 Å². The zero-order valence-electron chi connectivity index (χ0n) is 14.2. The number of hydrogen-bond donors (Lipinski definition) is 0. The van der Waals surface area contributed by atoms with Crippen LogP contribution in [0.5, 0.6) is 5.75 Å². The summed E-state index contributed by atoms with van der Waals surface area (Å²) in [4.78, 5) is 20.3. The molecule has 1 aliphatic carbocycles. The molecule has 5 rings (SSSR count). The number of rotatable bonds is 2. The van der Waals surface area contributed by atoms with Crippen LogP contribution in [0.25, 0.3) is 0 Å². The quantitative estimate of drug-likeness (QED) is 0.818. The molecular formula is C20H22N2O2S. The number of aromatic nitrogens is 1. The minimum Gasteiger partial charge on any atom is -0.487 e. The van der Waals surface area contributed by atoms with Crippen molar-refractivity contribution in [2.45, 2.75) is 50.0 Å². The number of piperidine rings is 1. The van der Waals surface area contributed by atoms with Gasteiger partial charge in [0, 0.05) is 31.8 Å². The summed E-state index contributed by atoms with van der Waals surface area (Å²) in [7, 11) is 0. The predicted octanol–water partition coefficient (Wildman–Crippen LogP) is 4.02. The monoisotopic (exact) mass is 354 g/mol. The first-order valence-corrected chi connectivity index (χ1v) is 10.1. The molecule has 130 valence electrons. The maximum Gasteiger partial charge on any atom is 0.265 e. The van der Waals surface area contributed by atoms with Gasteiger partial charge in [-0.1, -0.05) is 18.2 Å². The molecule has 3 aliphatic rings. The number of aryl methyl sites for hydroxylation is 1. The predicted molar refractivity (Wildman–Crippen MR) is 97.3 cm³/mol. The Morgan fingerprint density at radius 3 is 2.80 bits per heavy atom. The second-order valence-electron chi connectivity index (χ2n) is 7.53. The van der Waals surface area contributed by atoms with Crippen LogP contribution < -0.4 is 4.74 Å². The van der Waals surface area contributed by atoms with Gasteiger partial charge in [-0.25, -0.2) is 4.98 Å². The van der Waals surface area contributed by atoms with E-state index in [0.29, 0.717) is 5.92 Å². The normalized spacial score (nSPS) is 21.7. The first kappa shape index (κ1) is 15.4. The van der Waals surface area contributed by atoms with Crippen LogP contribution in [-0.2, 0) is 6.42 Å². The summed E-state index contributed by atoms with van der Waals surface area (Å²) in [6.45, 7) is 1.56. The minimum atomic E-state index is -0.0852. The highest BCUT2D eigenvalue weighted by atomic mass is 32.1. The third-order valence-corrected chi connectivity index (χ3v) is 6.69. The van der Waals surface area contributed by atoms with Gasteiger partial charge in [-0.15, -0.1) is 11.3 Å². The van der Waals surface area contributed by atoms with Crippen molar-refractivity contribution in [1.82, 2.24) is 9.88 Å². The Morgan fingerprint density at radius 1 is 1.20 bits per heavy atom. The number of ether oxygens (including phenoxy) is 1. The van der Waals surface area contributed by atoms with E-state index in [0.717, 1.165) is 55.1 Å². The first-order chi connectivity index (χ1) is 12.2. The van der Waals surface area contributed by atoms with Crippen LogP contribution in [0.1, 0.15) is 59.0 Å². The minimum absolute atomic E-state index is 0.0852. The molecule has 1 aromatic heterocycles. The molecule has 1 spiro atoms. The molecule has 5 heteroatoms. The number of carbonyl (C=O) groups is 1. The molecule has 0 bridgehead atoms. The first-order valence-electron chi connectivity index (χ1n) is 9.24. The molecule has 0 unspecified atom stereocenters. The summed E-state index contributed by atoms with van der Waals surface area (Å²) in [6, 6.07) is 8.35. The summed E-state index contributed by atoms with van der Waals surface area (Å²) < 4.78 is 6.40. The van der Waals surface area contributed by atoms with Crippen LogP contribution in [0.2, 0.25) is 0 Å². The van der Waals surface area contributed by atoms with Crippen LogP contribution in [-0.4, -0.2) is 34.5 Å². The molecular weight excluding hydrogens is 332 g/mol. The zero-order chi connectivity index (χ0) is 16.9. The lowest BCUT2D eigenvalue weighted by Gasteiger charge is -2.44. The fraction of sp³-hybridized carbons (Fsp3) is 0.500. The average Bonchev–Trinajstić information content (AvgIpc) is 3.38. The average molecular weight is 354 g/mol. The molecule has 1 aromatic carbocycles. The summed E-state index contributed by atoms with van der Waals surface area (Å²) in [5, 5.41) is 0. The molecule has 2 fully saturated rings. The van der Waals surface area contributed by atoms with Crippen molar-refractivity contribution in [2.24, 2.45) is 0 Å². The molecule has 2 aromatic rings. The van der Waals surface area contributed by atoms with Gasteiger partial charge >= 0.3 is 0 Å². The number of nitrogens with zero attached hydrogens (tertiary/aromatic N) is 2. The number of likely N-dealkylation sites (tertiary alicyclic amines) is 1. The molecule has 3 heterocycles. The van der Waals surface area contributed by atoms with Crippen LogP contribution in [0, 0.1) is 0 Å². The maximum atomic E-state index is 12.9. The van der Waals surface area contributed by atoms with E-state index in [1.807, 2.05) is 16.5 Å². The molecule has 0 atom stereocenters. The van der Waals surface area contributed by atoms with E-state index in [1.54, 1.807) is 0 Å². The number of benzene rings is 1. The molecule has 4 nitrogen and oxygen atoms in total. The largest absolute Gasteiger partial charge is 0.487 e. The lowest BCUT2D eigenvalue weighted by Crippen LogP contribution is -2.51. The lowest BCUT2D eigenvalue weighted by molar-refractivity contribution is -0.0106. The Morgan fingerprint density at radius 2 is 2.00 bits per heavy atom. The van der Waals surface area contributed by atoms with Gasteiger partial charge in [-0.2, -0.15) is 0 Å². The number of amides is 1. The molecule has 25 heavy (non-hydrogen) atoms. The Kier molecular flexibility index (Phi) is 3.59. The third kappa shape index (κ3) is 2.74. The van der Waals surface area contributed by atoms with Gasteiger partial charge in [0.1, 0.15) is 16.2 Å². The summed E-state index contributed by atoms with van der Waals surface area (Å²) in [5.74, 6) is 1.74. The van der Waals surface area contributed by atoms with Crippen molar-refractivity contribution in [3.05, 3.63) is 45.9 Å². The van der Waals surface area contributed by atoms with Crippen molar-refractivity contribution in [1.29, 1.82) is 0 Å². The highest BCUT2D eigenvalue weighted by molar-refractivity contribution is 7.11. The maximum absolute atomic E-state index is 12.9. The summed E-state index contributed by atoms with van der Waals surface area (Å²) in [6.07, 6.45) is 6.33. The Balaban J connectivity index is 1.29. The molecule has 1 saturated heterocycles. The molecule has 1 amide bonds. The zero-order valence-corrected chi connectivity index (χ0v) is 15.1. The topological polar surface area (TPSA) is 42.4 Å². The number of fused-ring (bicyclic) bond motifs is 1. The Labute approximate surface area is 151 Å². The van der Waals surface area contributed by atoms with Gasteiger partial charge in [-0.05, 0) is 37.3 Å². The molecule has 0 N–H and O–H groups in total. The van der Waals surface area contributed by atoms with Crippen LogP contribution in [0.15, 0.2) is 29.8 Å². The fourth-order valence-corrected chi connectivity index (χ4v) is 4.97. The SMILES string of the molecule is O=C(c1scnc1C1CC1)N1CCC2(CCc3ccccc3O2)CC1. The van der Waals surface area contributed by atoms with Crippen molar-refractivity contribution in [3.8, 4) is 5.75 Å². The van der Waals surface area contributed by atoms with Crippen LogP contribution in [0.3, 0.4) is 0 Å². The van der Waals surface area contributed by atoms with Crippen molar-refractivity contribution < 1.29 is 9.53 Å². The van der Waals surface area contributed by atoms with Gasteiger partial charge in [0.15, 0.2) is 0 Å². The molecule has 1 saturated carbocycles. The smallest absolute Gasteiger partial charge is 0.265 e. The van der Waals surface area contributed by atoms with Crippen molar-refractivity contribution >= 4 is 17.2 Å². The van der Waals surface area contributed by atoms with Gasteiger partial charge in [-0.3, -0.25) is 4.79 Å². The van der Waals surface area contributed by atoms with Gasteiger partial charge in [0.25, 0.3) is 5.91 Å². The van der Waals surface area contributed by atoms with E-state index in [4.69, 9.17) is 4.74 Å². The molecule has 2 aliphatic heterocycles.